The maximum Gasteiger partial charge on any atom is 0.316 e. The number of benzene rings is 1. The van der Waals surface area contributed by atoms with Crippen LogP contribution in [-0.4, -0.2) is 51.4 Å². The molecule has 0 radical (unpaired) electrons. The van der Waals surface area contributed by atoms with Crippen LogP contribution in [0.25, 0.3) is 5.69 Å². The molecule has 2 aromatic rings. The number of carbonyl (C=O) groups excluding carboxylic acids is 3. The van der Waals surface area contributed by atoms with Gasteiger partial charge in [0.2, 0.25) is 0 Å². The summed E-state index contributed by atoms with van der Waals surface area (Å²) < 4.78 is 1.85. The van der Waals surface area contributed by atoms with Crippen LogP contribution in [0.5, 0.6) is 0 Å². The van der Waals surface area contributed by atoms with Crippen molar-refractivity contribution in [3.05, 3.63) is 66.6 Å². The lowest BCUT2D eigenvalue weighted by atomic mass is 10.0. The number of nitrogens with one attached hydrogen (secondary N) is 2. The highest BCUT2D eigenvalue weighted by atomic mass is 16.4. The van der Waals surface area contributed by atoms with Crippen LogP contribution < -0.4 is 10.6 Å². The second kappa shape index (κ2) is 8.42. The number of aliphatic carboxylic acids is 1. The molecule has 0 aliphatic carbocycles. The van der Waals surface area contributed by atoms with Gasteiger partial charge in [-0.05, 0) is 29.8 Å². The molecule has 3 N–H and O–H groups in total. The maximum atomic E-state index is 12.4. The van der Waals surface area contributed by atoms with Crippen molar-refractivity contribution in [1.29, 1.82) is 0 Å². The number of nitrogens with zero attached hydrogens (tertiary/aromatic N) is 2. The second-order valence-corrected chi connectivity index (χ2v) is 6.55. The van der Waals surface area contributed by atoms with E-state index in [1.807, 2.05) is 35.2 Å². The monoisotopic (exact) mass is 396 g/mol. The molecule has 2 atom stereocenters. The summed E-state index contributed by atoms with van der Waals surface area (Å²) in [5, 5.41) is 14.1. The molecule has 3 rings (SSSR count). The minimum atomic E-state index is -1.35. The number of aromatic nitrogens is 1. The fourth-order valence-corrected chi connectivity index (χ4v) is 2.98. The zero-order chi connectivity index (χ0) is 21.0. The van der Waals surface area contributed by atoms with Crippen LogP contribution >= 0.6 is 0 Å². The van der Waals surface area contributed by atoms with Crippen LogP contribution in [0.3, 0.4) is 0 Å². The molecule has 1 aromatic carbocycles. The third kappa shape index (κ3) is 4.70. The van der Waals surface area contributed by atoms with Crippen molar-refractivity contribution in [3.63, 3.8) is 0 Å². The van der Waals surface area contributed by atoms with Gasteiger partial charge in [-0.25, -0.2) is 4.79 Å². The van der Waals surface area contributed by atoms with Gasteiger partial charge in [0, 0.05) is 37.4 Å². The lowest BCUT2D eigenvalue weighted by molar-refractivity contribution is -0.138. The van der Waals surface area contributed by atoms with E-state index in [1.54, 1.807) is 18.2 Å². The molecule has 29 heavy (non-hydrogen) atoms. The van der Waals surface area contributed by atoms with Gasteiger partial charge in [0.05, 0.1) is 12.5 Å². The number of ketones is 1. The fourth-order valence-electron chi connectivity index (χ4n) is 2.98. The van der Waals surface area contributed by atoms with Crippen LogP contribution in [0.2, 0.25) is 0 Å². The highest BCUT2D eigenvalue weighted by Crippen LogP contribution is 2.20. The topological polar surface area (TPSA) is 121 Å². The summed E-state index contributed by atoms with van der Waals surface area (Å²) in [5.74, 6) is -2.22. The zero-order valence-corrected chi connectivity index (χ0v) is 15.6. The number of carbonyl (C=O) groups is 4. The number of carboxylic acid groups (broad SMARTS) is 1. The summed E-state index contributed by atoms with van der Waals surface area (Å²) in [6.45, 7) is 0. The molecule has 1 aliphatic rings. The third-order valence-electron chi connectivity index (χ3n) is 4.48. The largest absolute Gasteiger partial charge is 0.481 e. The van der Waals surface area contributed by atoms with Gasteiger partial charge in [0.15, 0.2) is 11.8 Å². The van der Waals surface area contributed by atoms with E-state index < -0.39 is 35.8 Å². The highest BCUT2D eigenvalue weighted by Gasteiger charge is 2.32. The molecular weight excluding hydrogens is 376 g/mol. The number of urea groups is 1. The van der Waals surface area contributed by atoms with Crippen molar-refractivity contribution in [2.75, 3.05) is 7.05 Å². The van der Waals surface area contributed by atoms with Crippen molar-refractivity contribution in [1.82, 2.24) is 20.1 Å². The standard InChI is InChI=1S/C20H20N4O5/c1-23-10-7-16(25)18(19(23)28)22-20(29)21-15(12-17(26)27)13-5-4-6-14(11-13)24-8-2-3-9-24/h2-11,15,18H,12H2,1H3,(H,26,27)(H2,21,22,29)/t15-,18?/m0/s1. The molecule has 0 bridgehead atoms. The molecule has 9 heteroatoms. The lowest BCUT2D eigenvalue weighted by Crippen LogP contribution is -2.55. The average Bonchev–Trinajstić information content (AvgIpc) is 3.22. The van der Waals surface area contributed by atoms with Crippen molar-refractivity contribution in [2.24, 2.45) is 0 Å². The Morgan fingerprint density at radius 2 is 1.90 bits per heavy atom. The van der Waals surface area contributed by atoms with E-state index in [0.717, 1.165) is 5.69 Å². The fraction of sp³-hybridized carbons (Fsp3) is 0.200. The summed E-state index contributed by atoms with van der Waals surface area (Å²) in [7, 11) is 1.47. The van der Waals surface area contributed by atoms with Crippen LogP contribution in [0.15, 0.2) is 61.1 Å². The van der Waals surface area contributed by atoms with Gasteiger partial charge in [0.1, 0.15) is 0 Å². The highest BCUT2D eigenvalue weighted by molar-refractivity contribution is 6.14. The summed E-state index contributed by atoms with van der Waals surface area (Å²) in [6.07, 6.45) is 5.84. The Hall–Kier alpha value is -3.88. The van der Waals surface area contributed by atoms with Gasteiger partial charge in [-0.3, -0.25) is 14.4 Å². The third-order valence-corrected chi connectivity index (χ3v) is 4.48. The van der Waals surface area contributed by atoms with Gasteiger partial charge >= 0.3 is 12.0 Å². The molecule has 3 amide bonds. The Kier molecular flexibility index (Phi) is 5.77. The van der Waals surface area contributed by atoms with Crippen molar-refractivity contribution in [3.8, 4) is 5.69 Å². The lowest BCUT2D eigenvalue weighted by Gasteiger charge is -2.25. The number of likely N-dealkylation sites (N-methyl/N-ethyl adjacent to an activating group) is 1. The number of carboxylic acids is 1. The van der Waals surface area contributed by atoms with Crippen molar-refractivity contribution < 1.29 is 24.3 Å². The second-order valence-electron chi connectivity index (χ2n) is 6.55. The predicted molar refractivity (Wildman–Crippen MR) is 103 cm³/mol. The van der Waals surface area contributed by atoms with Crippen LogP contribution in [-0.2, 0) is 14.4 Å². The zero-order valence-electron chi connectivity index (χ0n) is 15.6. The number of hydrogen-bond acceptors (Lipinski definition) is 4. The first-order chi connectivity index (χ1) is 13.8. The van der Waals surface area contributed by atoms with Crippen molar-refractivity contribution in [2.45, 2.75) is 18.5 Å². The Balaban J connectivity index is 1.77. The van der Waals surface area contributed by atoms with Crippen LogP contribution in [0, 0.1) is 0 Å². The van der Waals surface area contributed by atoms with E-state index in [4.69, 9.17) is 0 Å². The predicted octanol–water partition coefficient (Wildman–Crippen LogP) is 1.22. The summed E-state index contributed by atoms with van der Waals surface area (Å²) in [5.41, 5.74) is 1.38. The Morgan fingerprint density at radius 3 is 2.59 bits per heavy atom. The summed E-state index contributed by atoms with van der Waals surface area (Å²) >= 11 is 0. The first kappa shape index (κ1) is 19.9. The quantitative estimate of drug-likeness (QED) is 0.634. The Bertz CT molecular complexity index is 967. The maximum absolute atomic E-state index is 12.4. The van der Waals surface area contributed by atoms with Gasteiger partial charge in [-0.2, -0.15) is 0 Å². The molecule has 0 spiro atoms. The Morgan fingerprint density at radius 1 is 1.17 bits per heavy atom. The van der Waals surface area contributed by atoms with Gasteiger partial charge in [0.25, 0.3) is 5.91 Å². The summed E-state index contributed by atoms with van der Waals surface area (Å²) in [6, 6.07) is 7.78. The first-order valence-corrected chi connectivity index (χ1v) is 8.86. The van der Waals surface area contributed by atoms with E-state index in [1.165, 1.54) is 24.2 Å². The van der Waals surface area contributed by atoms with E-state index in [2.05, 4.69) is 10.6 Å². The van der Waals surface area contributed by atoms with E-state index >= 15 is 0 Å². The molecule has 9 nitrogen and oxygen atoms in total. The van der Waals surface area contributed by atoms with Crippen LogP contribution in [0.4, 0.5) is 4.79 Å². The van der Waals surface area contributed by atoms with Crippen LogP contribution in [0.1, 0.15) is 18.0 Å². The average molecular weight is 396 g/mol. The van der Waals surface area contributed by atoms with E-state index in [0.29, 0.717) is 5.56 Å². The van der Waals surface area contributed by atoms with Gasteiger partial charge < -0.3 is 25.2 Å². The Labute approximate surface area is 166 Å². The summed E-state index contributed by atoms with van der Waals surface area (Å²) in [4.78, 5) is 48.9. The molecular formula is C20H20N4O5. The molecule has 1 unspecified atom stereocenters. The number of hydrogen-bond donors (Lipinski definition) is 3. The number of amides is 3. The molecule has 0 saturated heterocycles. The molecule has 0 saturated carbocycles. The SMILES string of the molecule is CN1C=CC(=O)C(NC(=O)N[C@@H](CC(=O)O)c2cccc(-n3cccc3)c2)C1=O. The molecule has 2 heterocycles. The molecule has 1 aliphatic heterocycles. The first-order valence-electron chi connectivity index (χ1n) is 8.86. The molecule has 0 fully saturated rings. The van der Waals surface area contributed by atoms with Crippen molar-refractivity contribution >= 4 is 23.7 Å². The minimum Gasteiger partial charge on any atom is -0.481 e. The van der Waals surface area contributed by atoms with Gasteiger partial charge in [-0.15, -0.1) is 0 Å². The van der Waals surface area contributed by atoms with Gasteiger partial charge in [-0.1, -0.05) is 12.1 Å². The smallest absolute Gasteiger partial charge is 0.316 e. The number of rotatable bonds is 6. The molecule has 1 aromatic heterocycles. The normalized spacial score (nSPS) is 17.1. The molecule has 150 valence electrons. The minimum absolute atomic E-state index is 0.366. The van der Waals surface area contributed by atoms with E-state index in [-0.39, 0.29) is 6.42 Å². The van der Waals surface area contributed by atoms with E-state index in [9.17, 15) is 24.3 Å².